The number of hydroxylamine groups is 1. The molecule has 1 amide bonds. The van der Waals surface area contributed by atoms with Crippen LogP contribution in [-0.2, 0) is 17.6 Å². The molecule has 0 radical (unpaired) electrons. The second kappa shape index (κ2) is 6.42. The van der Waals surface area contributed by atoms with Gasteiger partial charge in [0.15, 0.2) is 0 Å². The molecular formula is C17H18FN3O2. The van der Waals surface area contributed by atoms with Gasteiger partial charge in [0, 0.05) is 24.1 Å². The summed E-state index contributed by atoms with van der Waals surface area (Å²) in [6, 6.07) is 4.95. The maximum absolute atomic E-state index is 13.7. The fourth-order valence-corrected chi connectivity index (χ4v) is 2.53. The van der Waals surface area contributed by atoms with Crippen molar-refractivity contribution < 1.29 is 14.4 Å². The van der Waals surface area contributed by atoms with Crippen molar-refractivity contribution in [2.45, 2.75) is 38.5 Å². The van der Waals surface area contributed by atoms with Gasteiger partial charge >= 0.3 is 0 Å². The van der Waals surface area contributed by atoms with E-state index < -0.39 is 5.91 Å². The van der Waals surface area contributed by atoms with E-state index in [1.54, 1.807) is 24.7 Å². The standard InChI is InChI=1S/C17H18FN3O2/c1-10-12(3-2-4-14(10)18)7-15-13(8-16(22)21-23)9-19-17(20-15)11-5-6-11/h2-4,9,11,23H,5-8H2,1H3,(H,21,22). The number of hydrogen-bond donors (Lipinski definition) is 2. The van der Waals surface area contributed by atoms with Crippen LogP contribution in [0.1, 0.15) is 47.0 Å². The lowest BCUT2D eigenvalue weighted by Crippen LogP contribution is -2.22. The molecular weight excluding hydrogens is 297 g/mol. The first kappa shape index (κ1) is 15.6. The van der Waals surface area contributed by atoms with E-state index in [4.69, 9.17) is 5.21 Å². The number of hydrogen-bond acceptors (Lipinski definition) is 4. The number of benzene rings is 1. The SMILES string of the molecule is Cc1c(F)cccc1Cc1nc(C2CC2)ncc1CC(=O)NO. The number of aromatic nitrogens is 2. The van der Waals surface area contributed by atoms with Crippen molar-refractivity contribution in [2.75, 3.05) is 0 Å². The topological polar surface area (TPSA) is 75.1 Å². The van der Waals surface area contributed by atoms with Crippen molar-refractivity contribution >= 4 is 5.91 Å². The number of nitrogens with zero attached hydrogens (tertiary/aromatic N) is 2. The third kappa shape index (κ3) is 3.53. The quantitative estimate of drug-likeness (QED) is 0.656. The Morgan fingerprint density at radius 1 is 1.39 bits per heavy atom. The van der Waals surface area contributed by atoms with Crippen molar-refractivity contribution in [3.63, 3.8) is 0 Å². The molecule has 2 aromatic rings. The van der Waals surface area contributed by atoms with Crippen LogP contribution in [-0.4, -0.2) is 21.1 Å². The van der Waals surface area contributed by atoms with Crippen LogP contribution >= 0.6 is 0 Å². The van der Waals surface area contributed by atoms with E-state index >= 15 is 0 Å². The highest BCUT2D eigenvalue weighted by molar-refractivity contribution is 5.77. The maximum atomic E-state index is 13.7. The molecule has 1 fully saturated rings. The lowest BCUT2D eigenvalue weighted by molar-refractivity contribution is -0.128. The molecule has 1 heterocycles. The lowest BCUT2D eigenvalue weighted by atomic mass is 10.00. The first-order valence-electron chi connectivity index (χ1n) is 7.60. The highest BCUT2D eigenvalue weighted by atomic mass is 19.1. The predicted octanol–water partition coefficient (Wildman–Crippen LogP) is 2.44. The van der Waals surface area contributed by atoms with Crippen LogP contribution < -0.4 is 5.48 Å². The van der Waals surface area contributed by atoms with E-state index in [1.807, 2.05) is 6.07 Å². The van der Waals surface area contributed by atoms with Gasteiger partial charge in [-0.3, -0.25) is 10.0 Å². The second-order valence-electron chi connectivity index (χ2n) is 5.89. The number of halogens is 1. The summed E-state index contributed by atoms with van der Waals surface area (Å²) in [5.41, 5.74) is 4.38. The van der Waals surface area contributed by atoms with Crippen molar-refractivity contribution in [1.29, 1.82) is 0 Å². The van der Waals surface area contributed by atoms with Gasteiger partial charge in [-0.2, -0.15) is 0 Å². The summed E-state index contributed by atoms with van der Waals surface area (Å²) >= 11 is 0. The van der Waals surface area contributed by atoms with Crippen LogP contribution in [0.2, 0.25) is 0 Å². The largest absolute Gasteiger partial charge is 0.289 e. The van der Waals surface area contributed by atoms with Crippen LogP contribution in [0.5, 0.6) is 0 Å². The van der Waals surface area contributed by atoms with E-state index in [1.165, 1.54) is 6.07 Å². The molecule has 120 valence electrons. The van der Waals surface area contributed by atoms with Crippen molar-refractivity contribution in [2.24, 2.45) is 0 Å². The van der Waals surface area contributed by atoms with Crippen LogP contribution in [0.25, 0.3) is 0 Å². The molecule has 2 N–H and O–H groups in total. The van der Waals surface area contributed by atoms with Crippen molar-refractivity contribution in [3.05, 3.63) is 58.4 Å². The normalized spacial score (nSPS) is 13.9. The third-order valence-corrected chi connectivity index (χ3v) is 4.13. The molecule has 0 atom stereocenters. The van der Waals surface area contributed by atoms with Crippen LogP contribution in [0.15, 0.2) is 24.4 Å². The highest BCUT2D eigenvalue weighted by Crippen LogP contribution is 2.38. The van der Waals surface area contributed by atoms with Gasteiger partial charge in [0.25, 0.3) is 0 Å². The number of carbonyl (C=O) groups is 1. The Bertz CT molecular complexity index is 745. The molecule has 0 unspecified atom stereocenters. The van der Waals surface area contributed by atoms with Gasteiger partial charge in [-0.25, -0.2) is 19.8 Å². The van der Waals surface area contributed by atoms with E-state index in [0.717, 1.165) is 24.2 Å². The Labute approximate surface area is 133 Å². The lowest BCUT2D eigenvalue weighted by Gasteiger charge is -2.11. The molecule has 0 spiro atoms. The van der Waals surface area contributed by atoms with Crippen molar-refractivity contribution in [1.82, 2.24) is 15.4 Å². The minimum absolute atomic E-state index is 0.00879. The molecule has 23 heavy (non-hydrogen) atoms. The van der Waals surface area contributed by atoms with Gasteiger partial charge in [-0.05, 0) is 37.0 Å². The average molecular weight is 315 g/mol. The van der Waals surface area contributed by atoms with Gasteiger partial charge in [0.1, 0.15) is 11.6 Å². The third-order valence-electron chi connectivity index (χ3n) is 4.13. The zero-order chi connectivity index (χ0) is 16.4. The van der Waals surface area contributed by atoms with E-state index in [9.17, 15) is 9.18 Å². The molecule has 5 nitrogen and oxygen atoms in total. The molecule has 0 saturated heterocycles. The minimum Gasteiger partial charge on any atom is -0.289 e. The molecule has 1 aliphatic rings. The molecule has 1 aromatic heterocycles. The fourth-order valence-electron chi connectivity index (χ4n) is 2.53. The Morgan fingerprint density at radius 3 is 2.87 bits per heavy atom. The van der Waals surface area contributed by atoms with Crippen LogP contribution in [0, 0.1) is 12.7 Å². The summed E-state index contributed by atoms with van der Waals surface area (Å²) in [5, 5.41) is 8.72. The summed E-state index contributed by atoms with van der Waals surface area (Å²) in [6.07, 6.45) is 4.22. The first-order valence-corrected chi connectivity index (χ1v) is 7.60. The zero-order valence-electron chi connectivity index (χ0n) is 12.8. The molecule has 0 bridgehead atoms. The summed E-state index contributed by atoms with van der Waals surface area (Å²) in [7, 11) is 0. The predicted molar refractivity (Wildman–Crippen MR) is 81.6 cm³/mol. The molecule has 6 heteroatoms. The van der Waals surface area contributed by atoms with Crippen LogP contribution in [0.4, 0.5) is 4.39 Å². The van der Waals surface area contributed by atoms with Crippen LogP contribution in [0.3, 0.4) is 0 Å². The smallest absolute Gasteiger partial charge is 0.247 e. The molecule has 3 rings (SSSR count). The van der Waals surface area contributed by atoms with Gasteiger partial charge < -0.3 is 0 Å². The van der Waals surface area contributed by atoms with E-state index in [0.29, 0.717) is 29.2 Å². The Morgan fingerprint density at radius 2 is 2.17 bits per heavy atom. The number of carbonyl (C=O) groups excluding carboxylic acids is 1. The Balaban J connectivity index is 1.95. The molecule has 1 aliphatic carbocycles. The minimum atomic E-state index is -0.523. The second-order valence-corrected chi connectivity index (χ2v) is 5.89. The molecule has 0 aliphatic heterocycles. The highest BCUT2D eigenvalue weighted by Gasteiger charge is 2.27. The molecule has 1 aromatic carbocycles. The fraction of sp³-hybridized carbons (Fsp3) is 0.353. The van der Waals surface area contributed by atoms with Gasteiger partial charge in [0.2, 0.25) is 5.91 Å². The Hall–Kier alpha value is -2.34. The van der Waals surface area contributed by atoms with Gasteiger partial charge in [0.05, 0.1) is 12.1 Å². The van der Waals surface area contributed by atoms with E-state index in [2.05, 4.69) is 9.97 Å². The Kier molecular flexibility index (Phi) is 4.34. The van der Waals surface area contributed by atoms with E-state index in [-0.39, 0.29) is 12.2 Å². The average Bonchev–Trinajstić information content (AvgIpc) is 3.38. The number of rotatable bonds is 5. The van der Waals surface area contributed by atoms with Gasteiger partial charge in [-0.15, -0.1) is 0 Å². The number of amides is 1. The summed E-state index contributed by atoms with van der Waals surface area (Å²) in [6.45, 7) is 1.73. The summed E-state index contributed by atoms with van der Waals surface area (Å²) < 4.78 is 13.7. The van der Waals surface area contributed by atoms with Gasteiger partial charge in [-0.1, -0.05) is 12.1 Å². The van der Waals surface area contributed by atoms with Crippen molar-refractivity contribution in [3.8, 4) is 0 Å². The summed E-state index contributed by atoms with van der Waals surface area (Å²) in [5.74, 6) is 0.392. The monoisotopic (exact) mass is 315 g/mol. The molecule has 1 saturated carbocycles. The maximum Gasteiger partial charge on any atom is 0.247 e. The first-order chi connectivity index (χ1) is 11.1. The zero-order valence-corrected chi connectivity index (χ0v) is 12.8. The number of nitrogens with one attached hydrogen (secondary N) is 1. The summed E-state index contributed by atoms with van der Waals surface area (Å²) in [4.78, 5) is 20.4.